The molecule has 0 aromatic carbocycles. The molecule has 0 heterocycles. The summed E-state index contributed by atoms with van der Waals surface area (Å²) in [5.74, 6) is 0. The summed E-state index contributed by atoms with van der Waals surface area (Å²) in [5.41, 5.74) is 0. The standard InChI is InChI=1S/C9H22N2O2/c1-4-11(2)6-5-10-7-9(12)8-13-3/h9-10,12H,4-8H2,1-3H3. The minimum absolute atomic E-state index is 0.392. The van der Waals surface area contributed by atoms with Crippen LogP contribution in [-0.2, 0) is 4.74 Å². The molecule has 4 heteroatoms. The van der Waals surface area contributed by atoms with E-state index in [4.69, 9.17) is 4.74 Å². The largest absolute Gasteiger partial charge is 0.389 e. The molecule has 0 rings (SSSR count). The van der Waals surface area contributed by atoms with Crippen LogP contribution in [0.2, 0.25) is 0 Å². The van der Waals surface area contributed by atoms with Crippen LogP contribution in [0.5, 0.6) is 0 Å². The zero-order valence-corrected chi connectivity index (χ0v) is 8.92. The Labute approximate surface area is 80.9 Å². The summed E-state index contributed by atoms with van der Waals surface area (Å²) in [6.07, 6.45) is -0.392. The number of rotatable bonds is 8. The molecule has 0 radical (unpaired) electrons. The van der Waals surface area contributed by atoms with Crippen LogP contribution in [0.25, 0.3) is 0 Å². The summed E-state index contributed by atoms with van der Waals surface area (Å²) in [6, 6.07) is 0. The lowest BCUT2D eigenvalue weighted by Gasteiger charge is -2.15. The molecular weight excluding hydrogens is 168 g/mol. The van der Waals surface area contributed by atoms with Gasteiger partial charge in [-0.15, -0.1) is 0 Å². The van der Waals surface area contributed by atoms with Gasteiger partial charge in [-0.3, -0.25) is 0 Å². The third-order valence-corrected chi connectivity index (χ3v) is 1.95. The minimum Gasteiger partial charge on any atom is -0.389 e. The van der Waals surface area contributed by atoms with Crippen molar-refractivity contribution in [3.63, 3.8) is 0 Å². The number of ether oxygens (including phenoxy) is 1. The number of likely N-dealkylation sites (N-methyl/N-ethyl adjacent to an activating group) is 1. The fourth-order valence-electron chi connectivity index (χ4n) is 0.948. The van der Waals surface area contributed by atoms with Gasteiger partial charge >= 0.3 is 0 Å². The van der Waals surface area contributed by atoms with E-state index in [1.54, 1.807) is 7.11 Å². The van der Waals surface area contributed by atoms with Gasteiger partial charge in [0.05, 0.1) is 12.7 Å². The minimum atomic E-state index is -0.392. The molecular formula is C9H22N2O2. The van der Waals surface area contributed by atoms with Crippen molar-refractivity contribution in [1.82, 2.24) is 10.2 Å². The quantitative estimate of drug-likeness (QED) is 0.508. The zero-order valence-electron chi connectivity index (χ0n) is 8.92. The maximum absolute atomic E-state index is 9.27. The number of aliphatic hydroxyl groups excluding tert-OH is 1. The first kappa shape index (κ1) is 12.8. The maximum atomic E-state index is 9.27. The molecule has 0 saturated heterocycles. The number of nitrogens with zero attached hydrogens (tertiary/aromatic N) is 1. The average Bonchev–Trinajstić information content (AvgIpc) is 2.12. The smallest absolute Gasteiger partial charge is 0.0897 e. The molecule has 0 aromatic heterocycles. The summed E-state index contributed by atoms with van der Waals surface area (Å²) >= 11 is 0. The van der Waals surface area contributed by atoms with E-state index < -0.39 is 6.10 Å². The van der Waals surface area contributed by atoms with Crippen molar-refractivity contribution in [2.45, 2.75) is 13.0 Å². The summed E-state index contributed by atoms with van der Waals surface area (Å²) in [4.78, 5) is 2.22. The monoisotopic (exact) mass is 190 g/mol. The van der Waals surface area contributed by atoms with Gasteiger partial charge in [-0.05, 0) is 13.6 Å². The summed E-state index contributed by atoms with van der Waals surface area (Å²) in [5, 5.41) is 12.4. The maximum Gasteiger partial charge on any atom is 0.0897 e. The number of hydrogen-bond acceptors (Lipinski definition) is 4. The first-order chi connectivity index (χ1) is 6.20. The topological polar surface area (TPSA) is 44.7 Å². The normalized spacial score (nSPS) is 13.6. The van der Waals surface area contributed by atoms with Crippen molar-refractivity contribution in [2.24, 2.45) is 0 Å². The third kappa shape index (κ3) is 8.18. The van der Waals surface area contributed by atoms with E-state index in [-0.39, 0.29) is 0 Å². The van der Waals surface area contributed by atoms with Crippen LogP contribution in [0, 0.1) is 0 Å². The molecule has 0 aromatic rings. The highest BCUT2D eigenvalue weighted by Crippen LogP contribution is 1.82. The lowest BCUT2D eigenvalue weighted by molar-refractivity contribution is 0.0644. The Morgan fingerprint density at radius 3 is 2.77 bits per heavy atom. The van der Waals surface area contributed by atoms with Crippen molar-refractivity contribution >= 4 is 0 Å². The molecule has 1 atom stereocenters. The molecule has 0 bridgehead atoms. The Kier molecular flexibility index (Phi) is 8.33. The van der Waals surface area contributed by atoms with Crippen LogP contribution >= 0.6 is 0 Å². The van der Waals surface area contributed by atoms with E-state index >= 15 is 0 Å². The molecule has 0 fully saturated rings. The van der Waals surface area contributed by atoms with E-state index in [2.05, 4.69) is 24.2 Å². The molecule has 0 aliphatic carbocycles. The molecule has 13 heavy (non-hydrogen) atoms. The molecule has 0 amide bonds. The van der Waals surface area contributed by atoms with Crippen LogP contribution in [0.1, 0.15) is 6.92 Å². The molecule has 2 N–H and O–H groups in total. The second-order valence-corrected chi connectivity index (χ2v) is 3.21. The van der Waals surface area contributed by atoms with E-state index in [1.165, 1.54) is 0 Å². The third-order valence-electron chi connectivity index (χ3n) is 1.95. The van der Waals surface area contributed by atoms with Gasteiger partial charge in [0.1, 0.15) is 0 Å². The lowest BCUT2D eigenvalue weighted by Crippen LogP contribution is -2.35. The van der Waals surface area contributed by atoms with Crippen molar-refractivity contribution in [3.8, 4) is 0 Å². The van der Waals surface area contributed by atoms with Gasteiger partial charge < -0.3 is 20.1 Å². The second-order valence-electron chi connectivity index (χ2n) is 3.21. The molecule has 80 valence electrons. The van der Waals surface area contributed by atoms with Gasteiger partial charge in [-0.25, -0.2) is 0 Å². The highest BCUT2D eigenvalue weighted by atomic mass is 16.5. The Bertz CT molecular complexity index is 112. The molecule has 0 aliphatic heterocycles. The van der Waals surface area contributed by atoms with Crippen molar-refractivity contribution in [3.05, 3.63) is 0 Å². The summed E-state index contributed by atoms with van der Waals surface area (Å²) < 4.78 is 4.80. The van der Waals surface area contributed by atoms with Gasteiger partial charge in [-0.2, -0.15) is 0 Å². The van der Waals surface area contributed by atoms with Gasteiger partial charge in [0.25, 0.3) is 0 Å². The SMILES string of the molecule is CCN(C)CCNCC(O)COC. The highest BCUT2D eigenvalue weighted by Gasteiger charge is 2.01. The highest BCUT2D eigenvalue weighted by molar-refractivity contribution is 4.59. The molecule has 0 spiro atoms. The van der Waals surface area contributed by atoms with Crippen LogP contribution in [0.4, 0.5) is 0 Å². The Hall–Kier alpha value is -0.160. The van der Waals surface area contributed by atoms with Crippen molar-refractivity contribution in [1.29, 1.82) is 0 Å². The van der Waals surface area contributed by atoms with Gasteiger partial charge in [0.2, 0.25) is 0 Å². The fourth-order valence-corrected chi connectivity index (χ4v) is 0.948. The number of nitrogens with one attached hydrogen (secondary N) is 1. The fraction of sp³-hybridized carbons (Fsp3) is 1.00. The predicted molar refractivity (Wildman–Crippen MR) is 53.9 cm³/mol. The van der Waals surface area contributed by atoms with Crippen LogP contribution in [0.3, 0.4) is 0 Å². The van der Waals surface area contributed by atoms with Crippen LogP contribution in [0.15, 0.2) is 0 Å². The zero-order chi connectivity index (χ0) is 10.1. The number of aliphatic hydroxyl groups is 1. The molecule has 1 unspecified atom stereocenters. The average molecular weight is 190 g/mol. The van der Waals surface area contributed by atoms with E-state index in [0.717, 1.165) is 19.6 Å². The van der Waals surface area contributed by atoms with Gasteiger partial charge in [0, 0.05) is 26.7 Å². The Morgan fingerprint density at radius 2 is 2.23 bits per heavy atom. The molecule has 0 aliphatic rings. The number of methoxy groups -OCH3 is 1. The predicted octanol–water partition coefficient (Wildman–Crippen LogP) is -0.465. The van der Waals surface area contributed by atoms with Gasteiger partial charge in [0.15, 0.2) is 0 Å². The van der Waals surface area contributed by atoms with Crippen LogP contribution in [-0.4, -0.2) is 63.1 Å². The Balaban J connectivity index is 3.15. The first-order valence-electron chi connectivity index (χ1n) is 4.77. The molecule has 0 saturated carbocycles. The first-order valence-corrected chi connectivity index (χ1v) is 4.77. The summed E-state index contributed by atoms with van der Waals surface area (Å²) in [6.45, 7) is 6.10. The van der Waals surface area contributed by atoms with E-state index in [9.17, 15) is 5.11 Å². The Morgan fingerprint density at radius 1 is 1.54 bits per heavy atom. The summed E-state index contributed by atoms with van der Waals surface area (Å²) in [7, 11) is 3.67. The van der Waals surface area contributed by atoms with Crippen LogP contribution < -0.4 is 5.32 Å². The second kappa shape index (κ2) is 8.44. The van der Waals surface area contributed by atoms with E-state index in [1.807, 2.05) is 0 Å². The van der Waals surface area contributed by atoms with Crippen molar-refractivity contribution < 1.29 is 9.84 Å². The van der Waals surface area contributed by atoms with Gasteiger partial charge in [-0.1, -0.05) is 6.92 Å². The van der Waals surface area contributed by atoms with Crippen molar-refractivity contribution in [2.75, 3.05) is 46.9 Å². The number of hydrogen-bond donors (Lipinski definition) is 2. The van der Waals surface area contributed by atoms with E-state index in [0.29, 0.717) is 13.2 Å². The molecule has 4 nitrogen and oxygen atoms in total. The lowest BCUT2D eigenvalue weighted by atomic mass is 10.4.